The summed E-state index contributed by atoms with van der Waals surface area (Å²) >= 11 is 0. The van der Waals surface area contributed by atoms with Gasteiger partial charge >= 0.3 is 0 Å². The maximum Gasteiger partial charge on any atom is 0.255 e. The Kier molecular flexibility index (Phi) is 4.46. The average Bonchev–Trinajstić information content (AvgIpc) is 3.61. The third kappa shape index (κ3) is 2.71. The van der Waals surface area contributed by atoms with Gasteiger partial charge in [0.05, 0.1) is 16.6 Å². The largest absolute Gasteiger partial charge is 0.508 e. The fraction of sp³-hybridized carbons (Fsp3) is 0.429. The van der Waals surface area contributed by atoms with Crippen LogP contribution in [0.15, 0.2) is 47.7 Å². The van der Waals surface area contributed by atoms with Gasteiger partial charge in [0.25, 0.3) is 5.91 Å². The molecule has 2 heterocycles. The van der Waals surface area contributed by atoms with E-state index in [1.807, 2.05) is 6.07 Å². The predicted molar refractivity (Wildman–Crippen MR) is 133 cm³/mol. The number of aromatic hydroxyl groups is 1. The number of aliphatic hydroxyl groups is 2. The van der Waals surface area contributed by atoms with Crippen molar-refractivity contribution in [2.24, 2.45) is 5.92 Å². The van der Waals surface area contributed by atoms with Crippen LogP contribution in [-0.2, 0) is 16.6 Å². The van der Waals surface area contributed by atoms with Gasteiger partial charge in [-0.3, -0.25) is 9.69 Å². The highest BCUT2D eigenvalue weighted by Gasteiger charge is 2.73. The molecule has 2 fully saturated rings. The summed E-state index contributed by atoms with van der Waals surface area (Å²) in [5.41, 5.74) is 0.628. The van der Waals surface area contributed by atoms with Gasteiger partial charge in [0.15, 0.2) is 17.6 Å². The fourth-order valence-electron chi connectivity index (χ4n) is 7.30. The highest BCUT2D eigenvalue weighted by Crippen LogP contribution is 2.66. The number of ether oxygens (including phenoxy) is 1. The highest BCUT2D eigenvalue weighted by molar-refractivity contribution is 6.07. The zero-order valence-electron chi connectivity index (χ0n) is 19.8. The van der Waals surface area contributed by atoms with E-state index in [1.54, 1.807) is 30.3 Å². The van der Waals surface area contributed by atoms with Gasteiger partial charge in [0.2, 0.25) is 0 Å². The number of nitrogens with zero attached hydrogens (tertiary/aromatic N) is 1. The summed E-state index contributed by atoms with van der Waals surface area (Å²) in [6.07, 6.45) is 3.75. The summed E-state index contributed by atoms with van der Waals surface area (Å²) in [7, 11) is 0. The number of anilines is 1. The van der Waals surface area contributed by atoms with Gasteiger partial charge in [-0.25, -0.2) is 0 Å². The zero-order valence-corrected chi connectivity index (χ0v) is 19.8. The molecule has 36 heavy (non-hydrogen) atoms. The van der Waals surface area contributed by atoms with E-state index < -0.39 is 23.0 Å². The smallest absolute Gasteiger partial charge is 0.255 e. The number of para-hydroxylation sites is 1. The van der Waals surface area contributed by atoms with Crippen LogP contribution in [-0.4, -0.2) is 63.2 Å². The fourth-order valence-corrected chi connectivity index (χ4v) is 7.30. The number of piperidine rings is 1. The molecule has 186 valence electrons. The molecule has 3 aliphatic carbocycles. The van der Waals surface area contributed by atoms with E-state index in [0.717, 1.165) is 30.4 Å². The number of phenols is 1. The summed E-state index contributed by atoms with van der Waals surface area (Å²) in [5, 5.41) is 45.3. The van der Waals surface area contributed by atoms with Crippen molar-refractivity contribution in [3.63, 3.8) is 0 Å². The van der Waals surface area contributed by atoms with Crippen molar-refractivity contribution in [3.8, 4) is 11.5 Å². The zero-order chi connectivity index (χ0) is 24.8. The van der Waals surface area contributed by atoms with Crippen LogP contribution in [0.25, 0.3) is 0 Å². The van der Waals surface area contributed by atoms with Crippen molar-refractivity contribution in [1.82, 2.24) is 4.90 Å². The van der Waals surface area contributed by atoms with Gasteiger partial charge in [-0.2, -0.15) is 0 Å². The first-order valence-corrected chi connectivity index (χ1v) is 12.7. The SMILES string of the molecule is N=Cc1ccccc1NC(=O)C1=C(O)[C@@H]2Oc3c(O)ccc4c3[C@@]23CCN(CC2CC2)[C@H](C4)[C@]3(O)C1. The molecule has 8 nitrogen and oxygen atoms in total. The molecule has 1 saturated carbocycles. The molecule has 0 aromatic heterocycles. The lowest BCUT2D eigenvalue weighted by molar-refractivity contribution is -0.172. The van der Waals surface area contributed by atoms with Crippen LogP contribution in [0.4, 0.5) is 5.69 Å². The number of amides is 1. The Hall–Kier alpha value is -3.36. The molecule has 2 aromatic carbocycles. The van der Waals surface area contributed by atoms with Crippen LogP contribution in [0.1, 0.15) is 42.4 Å². The lowest BCUT2D eigenvalue weighted by Crippen LogP contribution is -2.75. The van der Waals surface area contributed by atoms with Crippen molar-refractivity contribution in [2.75, 3.05) is 18.4 Å². The van der Waals surface area contributed by atoms with Crippen LogP contribution in [0.3, 0.4) is 0 Å². The molecule has 2 aromatic rings. The van der Waals surface area contributed by atoms with Gasteiger partial charge in [-0.05, 0) is 55.8 Å². The Labute approximate surface area is 208 Å². The topological polar surface area (TPSA) is 126 Å². The highest BCUT2D eigenvalue weighted by atomic mass is 16.5. The lowest BCUT2D eigenvalue weighted by Gasteiger charge is -2.62. The molecule has 1 spiro atoms. The number of rotatable bonds is 5. The standard InChI is InChI=1S/C28H29N3O5/c29-13-17-3-1-2-4-19(17)30-26(34)18-12-28(35)21-11-16-7-8-20(32)24-22(16)27(28,25(36-24)23(18)33)9-10-31(21)14-15-5-6-15/h1-4,7-8,13,15,21,25,29,32-33,35H,5-6,9-12,14H2,(H,30,34)/t21-,25+,27+,28-/m1/s1. The third-order valence-electron chi connectivity index (χ3n) is 9.16. The van der Waals surface area contributed by atoms with Gasteiger partial charge in [0, 0.05) is 42.0 Å². The number of phenolic OH excluding ortho intramolecular Hbond substituents is 1. The third-order valence-corrected chi connectivity index (χ3v) is 9.16. The summed E-state index contributed by atoms with van der Waals surface area (Å²) in [6, 6.07) is 10.3. The van der Waals surface area contributed by atoms with E-state index in [-0.39, 0.29) is 29.5 Å². The first-order valence-electron chi connectivity index (χ1n) is 12.7. The van der Waals surface area contributed by atoms with Crippen LogP contribution in [0, 0.1) is 11.3 Å². The van der Waals surface area contributed by atoms with Gasteiger partial charge in [-0.15, -0.1) is 0 Å². The first-order chi connectivity index (χ1) is 17.4. The van der Waals surface area contributed by atoms with Crippen molar-refractivity contribution in [1.29, 1.82) is 5.41 Å². The average molecular weight is 488 g/mol. The van der Waals surface area contributed by atoms with E-state index in [1.165, 1.54) is 12.8 Å². The number of hydrogen-bond donors (Lipinski definition) is 5. The van der Waals surface area contributed by atoms with Crippen molar-refractivity contribution in [3.05, 3.63) is 64.4 Å². The molecule has 7 rings (SSSR count). The normalized spacial score (nSPS) is 32.0. The summed E-state index contributed by atoms with van der Waals surface area (Å²) < 4.78 is 6.24. The molecule has 1 amide bonds. The Balaban J connectivity index is 1.36. The van der Waals surface area contributed by atoms with Crippen molar-refractivity contribution < 1.29 is 24.9 Å². The van der Waals surface area contributed by atoms with E-state index in [9.17, 15) is 20.1 Å². The summed E-state index contributed by atoms with van der Waals surface area (Å²) in [5.74, 6) is 0.224. The minimum absolute atomic E-state index is 0.0162. The predicted octanol–water partition coefficient (Wildman–Crippen LogP) is 3.01. The van der Waals surface area contributed by atoms with Crippen LogP contribution < -0.4 is 10.1 Å². The Morgan fingerprint density at radius 2 is 2.03 bits per heavy atom. The molecule has 1 saturated heterocycles. The van der Waals surface area contributed by atoms with Crippen molar-refractivity contribution >= 4 is 17.8 Å². The van der Waals surface area contributed by atoms with Crippen LogP contribution in [0.2, 0.25) is 0 Å². The Bertz CT molecular complexity index is 1350. The Morgan fingerprint density at radius 3 is 2.81 bits per heavy atom. The monoisotopic (exact) mass is 487 g/mol. The molecule has 4 atom stereocenters. The number of carbonyl (C=O) groups excluding carboxylic acids is 1. The summed E-state index contributed by atoms with van der Waals surface area (Å²) in [4.78, 5) is 15.9. The second-order valence-electron chi connectivity index (χ2n) is 11.0. The van der Waals surface area contributed by atoms with Crippen molar-refractivity contribution in [2.45, 2.75) is 55.3 Å². The number of benzene rings is 2. The minimum Gasteiger partial charge on any atom is -0.508 e. The molecular formula is C28H29N3O5. The molecule has 8 heteroatoms. The molecule has 5 N–H and O–H groups in total. The van der Waals surface area contributed by atoms with Gasteiger partial charge < -0.3 is 30.8 Å². The van der Waals surface area contributed by atoms with Gasteiger partial charge in [-0.1, -0.05) is 24.3 Å². The van der Waals surface area contributed by atoms with E-state index in [0.29, 0.717) is 35.8 Å². The second-order valence-corrected chi connectivity index (χ2v) is 11.0. The minimum atomic E-state index is -1.35. The van der Waals surface area contributed by atoms with Crippen LogP contribution >= 0.6 is 0 Å². The number of aliphatic hydroxyl groups excluding tert-OH is 1. The summed E-state index contributed by atoms with van der Waals surface area (Å²) in [6.45, 7) is 1.68. The van der Waals surface area contributed by atoms with E-state index >= 15 is 0 Å². The Morgan fingerprint density at radius 1 is 1.22 bits per heavy atom. The first kappa shape index (κ1) is 21.9. The molecule has 5 aliphatic rings. The van der Waals surface area contributed by atoms with E-state index in [2.05, 4.69) is 10.2 Å². The van der Waals surface area contributed by atoms with E-state index in [4.69, 9.17) is 10.1 Å². The van der Waals surface area contributed by atoms with Gasteiger partial charge in [0.1, 0.15) is 5.76 Å². The molecular weight excluding hydrogens is 458 g/mol. The maximum absolute atomic E-state index is 13.5. The lowest BCUT2D eigenvalue weighted by atomic mass is 9.49. The number of nitrogens with one attached hydrogen (secondary N) is 2. The number of hydrogen-bond acceptors (Lipinski definition) is 7. The molecule has 2 bridgehead atoms. The quantitative estimate of drug-likeness (QED) is 0.413. The molecule has 0 radical (unpaired) electrons. The maximum atomic E-state index is 13.5. The second kappa shape index (κ2) is 7.33. The number of carbonyl (C=O) groups is 1. The number of likely N-dealkylation sites (tertiary alicyclic amines) is 1. The molecule has 0 unspecified atom stereocenters. The van der Waals surface area contributed by atoms with Crippen LogP contribution in [0.5, 0.6) is 11.5 Å². The molecule has 2 aliphatic heterocycles.